The second-order valence-electron chi connectivity index (χ2n) is 3.89. The van der Waals surface area contributed by atoms with Gasteiger partial charge in [0.05, 0.1) is 7.11 Å². The van der Waals surface area contributed by atoms with Crippen molar-refractivity contribution in [3.8, 4) is 5.88 Å². The van der Waals surface area contributed by atoms with Crippen LogP contribution in [0.2, 0.25) is 0 Å². The largest absolute Gasteiger partial charge is 0.479 e. The first kappa shape index (κ1) is 13.4. The number of nitrogens with zero attached hydrogens (tertiary/aromatic N) is 3. The van der Waals surface area contributed by atoms with Crippen LogP contribution >= 0.6 is 24.0 Å². The minimum Gasteiger partial charge on any atom is -0.479 e. The zero-order valence-corrected chi connectivity index (χ0v) is 12.3. The van der Waals surface area contributed by atoms with Crippen LogP contribution in [0.5, 0.6) is 5.88 Å². The molecule has 1 unspecified atom stereocenters. The molecule has 7 heteroatoms. The smallest absolute Gasteiger partial charge is 0.242 e. The normalized spacial score (nSPS) is 12.8. The molecule has 2 rings (SSSR count). The summed E-state index contributed by atoms with van der Waals surface area (Å²) in [5.74, 6) is 2.63. The van der Waals surface area contributed by atoms with Gasteiger partial charge in [0.25, 0.3) is 0 Å². The summed E-state index contributed by atoms with van der Waals surface area (Å²) in [6.07, 6.45) is 1.50. The third kappa shape index (κ3) is 2.37. The monoisotopic (exact) mass is 284 g/mol. The molecule has 0 aliphatic carbocycles. The predicted molar refractivity (Wildman–Crippen MR) is 77.0 cm³/mol. The Morgan fingerprint density at radius 1 is 1.56 bits per heavy atom. The Morgan fingerprint density at radius 3 is 3.00 bits per heavy atom. The van der Waals surface area contributed by atoms with Gasteiger partial charge in [-0.05, 0) is 24.9 Å². The first-order chi connectivity index (χ1) is 8.69. The van der Waals surface area contributed by atoms with Crippen molar-refractivity contribution in [2.45, 2.75) is 19.9 Å². The summed E-state index contributed by atoms with van der Waals surface area (Å²) < 4.78 is 7.89. The fourth-order valence-corrected chi connectivity index (χ4v) is 2.94. The SMILES string of the molecule is CCSCC(C)n1c(=S)[nH]c2c(OC)ncnc21. The average Bonchev–Trinajstić information content (AvgIpc) is 2.71. The Hall–Kier alpha value is -1.08. The molecule has 0 aliphatic heterocycles. The molecule has 1 atom stereocenters. The maximum Gasteiger partial charge on any atom is 0.242 e. The minimum atomic E-state index is 0.288. The van der Waals surface area contributed by atoms with E-state index in [-0.39, 0.29) is 6.04 Å². The molecule has 1 N–H and O–H groups in total. The van der Waals surface area contributed by atoms with Crippen molar-refractivity contribution in [1.82, 2.24) is 19.5 Å². The molecule has 0 aromatic carbocycles. The molecule has 0 aliphatic rings. The van der Waals surface area contributed by atoms with Crippen LogP contribution in [0.15, 0.2) is 6.33 Å². The van der Waals surface area contributed by atoms with Gasteiger partial charge in [-0.25, -0.2) is 4.98 Å². The van der Waals surface area contributed by atoms with Crippen LogP contribution in [0.3, 0.4) is 0 Å². The molecular formula is C11H16N4OS2. The van der Waals surface area contributed by atoms with Crippen LogP contribution in [0.1, 0.15) is 19.9 Å². The van der Waals surface area contributed by atoms with Crippen LogP contribution in [0.4, 0.5) is 0 Å². The van der Waals surface area contributed by atoms with Crippen molar-refractivity contribution in [2.75, 3.05) is 18.6 Å². The molecule has 2 aromatic rings. The lowest BCUT2D eigenvalue weighted by molar-refractivity contribution is 0.401. The minimum absolute atomic E-state index is 0.288. The summed E-state index contributed by atoms with van der Waals surface area (Å²) in [7, 11) is 1.59. The van der Waals surface area contributed by atoms with E-state index in [4.69, 9.17) is 17.0 Å². The van der Waals surface area contributed by atoms with Gasteiger partial charge in [0.1, 0.15) is 11.8 Å². The fraction of sp³-hybridized carbons (Fsp3) is 0.545. The highest BCUT2D eigenvalue weighted by molar-refractivity contribution is 7.99. The van der Waals surface area contributed by atoms with Crippen LogP contribution in [0, 0.1) is 4.77 Å². The number of hydrogen-bond acceptors (Lipinski definition) is 5. The lowest BCUT2D eigenvalue weighted by atomic mass is 10.4. The quantitative estimate of drug-likeness (QED) is 0.856. The third-order valence-corrected chi connectivity index (χ3v) is 4.09. The van der Waals surface area contributed by atoms with Gasteiger partial charge < -0.3 is 9.72 Å². The molecule has 0 amide bonds. The number of aromatic amines is 1. The number of H-pyrrole nitrogens is 1. The lowest BCUT2D eigenvalue weighted by Crippen LogP contribution is -2.09. The number of nitrogens with one attached hydrogen (secondary N) is 1. The van der Waals surface area contributed by atoms with Crippen molar-refractivity contribution in [2.24, 2.45) is 0 Å². The summed E-state index contributed by atoms with van der Waals surface area (Å²) >= 11 is 7.25. The first-order valence-corrected chi connectivity index (χ1v) is 7.32. The lowest BCUT2D eigenvalue weighted by Gasteiger charge is -2.12. The number of aromatic nitrogens is 4. The van der Waals surface area contributed by atoms with Crippen molar-refractivity contribution < 1.29 is 4.74 Å². The van der Waals surface area contributed by atoms with Gasteiger partial charge in [-0.2, -0.15) is 16.7 Å². The molecule has 98 valence electrons. The first-order valence-electron chi connectivity index (χ1n) is 5.76. The average molecular weight is 284 g/mol. The number of methoxy groups -OCH3 is 1. The number of ether oxygens (including phenoxy) is 1. The van der Waals surface area contributed by atoms with E-state index in [9.17, 15) is 0 Å². The Balaban J connectivity index is 2.51. The standard InChI is InChI=1S/C11H16N4OS2/c1-4-18-5-7(2)15-9-8(14-11(15)17)10(16-3)13-6-12-9/h6-7H,4-5H2,1-3H3,(H,14,17). The van der Waals surface area contributed by atoms with Crippen LogP contribution in [-0.2, 0) is 0 Å². The Labute approximate surface area is 115 Å². The fourth-order valence-electron chi connectivity index (χ4n) is 1.84. The maximum absolute atomic E-state index is 5.36. The van der Waals surface area contributed by atoms with Crippen LogP contribution in [0.25, 0.3) is 11.2 Å². The molecule has 0 bridgehead atoms. The Kier molecular flexibility index (Phi) is 4.23. The number of thioether (sulfide) groups is 1. The van der Waals surface area contributed by atoms with E-state index < -0.39 is 0 Å². The molecule has 0 radical (unpaired) electrons. The van der Waals surface area contributed by atoms with E-state index in [2.05, 4.69) is 28.8 Å². The van der Waals surface area contributed by atoms with Gasteiger partial charge in [0.15, 0.2) is 10.4 Å². The van der Waals surface area contributed by atoms with Crippen molar-refractivity contribution in [3.05, 3.63) is 11.1 Å². The van der Waals surface area contributed by atoms with E-state index in [1.165, 1.54) is 6.33 Å². The maximum atomic E-state index is 5.36. The van der Waals surface area contributed by atoms with E-state index in [1.807, 2.05) is 16.3 Å². The molecule has 0 saturated carbocycles. The summed E-state index contributed by atoms with van der Waals surface area (Å²) in [6.45, 7) is 4.29. The van der Waals surface area contributed by atoms with E-state index in [0.717, 1.165) is 22.7 Å². The van der Waals surface area contributed by atoms with E-state index in [0.29, 0.717) is 10.7 Å². The van der Waals surface area contributed by atoms with Crippen molar-refractivity contribution in [1.29, 1.82) is 0 Å². The number of imidazole rings is 1. The van der Waals surface area contributed by atoms with Gasteiger partial charge in [-0.1, -0.05) is 6.92 Å². The second-order valence-corrected chi connectivity index (χ2v) is 5.60. The third-order valence-electron chi connectivity index (χ3n) is 2.67. The molecule has 2 aromatic heterocycles. The van der Waals surface area contributed by atoms with Crippen molar-refractivity contribution >= 4 is 35.1 Å². The molecule has 0 fully saturated rings. The summed E-state index contributed by atoms with van der Waals surface area (Å²) in [5, 5.41) is 0. The van der Waals surface area contributed by atoms with E-state index in [1.54, 1.807) is 7.11 Å². The number of hydrogen-bond donors (Lipinski definition) is 1. The number of fused-ring (bicyclic) bond motifs is 1. The van der Waals surface area contributed by atoms with Crippen LogP contribution in [-0.4, -0.2) is 38.1 Å². The van der Waals surface area contributed by atoms with Crippen molar-refractivity contribution in [3.63, 3.8) is 0 Å². The predicted octanol–water partition coefficient (Wildman–Crippen LogP) is 2.81. The molecule has 2 heterocycles. The zero-order valence-electron chi connectivity index (χ0n) is 10.6. The van der Waals surface area contributed by atoms with E-state index >= 15 is 0 Å². The number of rotatable bonds is 5. The summed E-state index contributed by atoms with van der Waals surface area (Å²) in [5.41, 5.74) is 1.56. The van der Waals surface area contributed by atoms with Crippen LogP contribution < -0.4 is 4.74 Å². The van der Waals surface area contributed by atoms with Gasteiger partial charge in [-0.3, -0.25) is 4.57 Å². The highest BCUT2D eigenvalue weighted by Gasteiger charge is 2.15. The Bertz CT molecular complexity index is 592. The molecule has 0 spiro atoms. The zero-order chi connectivity index (χ0) is 13.1. The Morgan fingerprint density at radius 2 is 2.33 bits per heavy atom. The highest BCUT2D eigenvalue weighted by atomic mass is 32.2. The molecule has 18 heavy (non-hydrogen) atoms. The van der Waals surface area contributed by atoms with Gasteiger partial charge >= 0.3 is 0 Å². The molecule has 0 saturated heterocycles. The highest BCUT2D eigenvalue weighted by Crippen LogP contribution is 2.24. The van der Waals surface area contributed by atoms with Gasteiger partial charge in [0.2, 0.25) is 5.88 Å². The van der Waals surface area contributed by atoms with Gasteiger partial charge in [0, 0.05) is 11.8 Å². The topological polar surface area (TPSA) is 55.7 Å². The second kappa shape index (κ2) is 5.71. The molecular weight excluding hydrogens is 268 g/mol. The summed E-state index contributed by atoms with van der Waals surface area (Å²) in [6, 6.07) is 0.288. The molecule has 5 nitrogen and oxygen atoms in total. The summed E-state index contributed by atoms with van der Waals surface area (Å²) in [4.78, 5) is 11.5. The van der Waals surface area contributed by atoms with Gasteiger partial charge in [-0.15, -0.1) is 0 Å².